The van der Waals surface area contributed by atoms with Gasteiger partial charge >= 0.3 is 0 Å². The van der Waals surface area contributed by atoms with Crippen molar-refractivity contribution in [1.29, 1.82) is 0 Å². The summed E-state index contributed by atoms with van der Waals surface area (Å²) in [5.41, 5.74) is 8.70. The van der Waals surface area contributed by atoms with Crippen LogP contribution >= 0.6 is 11.6 Å². The summed E-state index contributed by atoms with van der Waals surface area (Å²) >= 11 is 6.04. The Morgan fingerprint density at radius 2 is 1.95 bits per heavy atom. The van der Waals surface area contributed by atoms with Gasteiger partial charge in [0.25, 0.3) is 0 Å². The summed E-state index contributed by atoms with van der Waals surface area (Å²) in [7, 11) is 0. The first-order valence-corrected chi connectivity index (χ1v) is 7.64. The van der Waals surface area contributed by atoms with E-state index in [1.165, 1.54) is 5.56 Å². The van der Waals surface area contributed by atoms with E-state index in [1.807, 2.05) is 38.1 Å². The lowest BCUT2D eigenvalue weighted by atomic mass is 10.1. The maximum atomic E-state index is 6.21. The number of benzene rings is 1. The first kappa shape index (κ1) is 15.0. The maximum absolute atomic E-state index is 6.21. The average molecular weight is 315 g/mol. The molecule has 0 bridgehead atoms. The molecule has 4 nitrogen and oxygen atoms in total. The van der Waals surface area contributed by atoms with Crippen LogP contribution in [0.4, 0.5) is 0 Å². The lowest BCUT2D eigenvalue weighted by Crippen LogP contribution is -2.37. The van der Waals surface area contributed by atoms with Gasteiger partial charge in [-0.3, -0.25) is 0 Å². The summed E-state index contributed by atoms with van der Waals surface area (Å²) in [5, 5.41) is 0.593. The standard InChI is InChI=1S/C17H19ClN4/c1-17(2,19)11-22-15(8-12-6-4-3-5-7-12)21-14-9-13(18)10-20-16(14)22/h3-7,9-10H,8,11,19H2,1-2H3. The fourth-order valence-corrected chi connectivity index (χ4v) is 2.67. The van der Waals surface area contributed by atoms with Gasteiger partial charge in [-0.05, 0) is 25.5 Å². The Bertz CT molecular complexity index is 788. The molecule has 1 aromatic carbocycles. The smallest absolute Gasteiger partial charge is 0.160 e. The van der Waals surface area contributed by atoms with Gasteiger partial charge in [-0.25, -0.2) is 9.97 Å². The number of fused-ring (bicyclic) bond motifs is 1. The number of imidazole rings is 1. The third kappa shape index (κ3) is 3.29. The second-order valence-electron chi connectivity index (χ2n) is 6.26. The molecule has 114 valence electrons. The number of rotatable bonds is 4. The van der Waals surface area contributed by atoms with Gasteiger partial charge in [0.2, 0.25) is 0 Å². The van der Waals surface area contributed by atoms with Gasteiger partial charge in [-0.2, -0.15) is 0 Å². The molecule has 2 heterocycles. The van der Waals surface area contributed by atoms with Crippen LogP contribution in [0, 0.1) is 0 Å². The minimum absolute atomic E-state index is 0.347. The Morgan fingerprint density at radius 3 is 2.64 bits per heavy atom. The highest BCUT2D eigenvalue weighted by Gasteiger charge is 2.19. The zero-order chi connectivity index (χ0) is 15.7. The predicted octanol–water partition coefficient (Wildman–Crippen LogP) is 3.41. The van der Waals surface area contributed by atoms with Crippen molar-refractivity contribution in [2.45, 2.75) is 32.4 Å². The molecule has 0 unspecified atom stereocenters. The van der Waals surface area contributed by atoms with Crippen LogP contribution in [0.15, 0.2) is 42.6 Å². The fourth-order valence-electron chi connectivity index (χ4n) is 2.52. The predicted molar refractivity (Wildman–Crippen MR) is 90.1 cm³/mol. The molecule has 0 aliphatic rings. The topological polar surface area (TPSA) is 56.7 Å². The summed E-state index contributed by atoms with van der Waals surface area (Å²) in [5.74, 6) is 0.953. The second kappa shape index (κ2) is 5.71. The maximum Gasteiger partial charge on any atom is 0.160 e. The second-order valence-corrected chi connectivity index (χ2v) is 6.70. The van der Waals surface area contributed by atoms with Crippen LogP contribution in [0.5, 0.6) is 0 Å². The molecule has 0 atom stereocenters. The Labute approximate surface area is 134 Å². The van der Waals surface area contributed by atoms with Crippen LogP contribution in [0.25, 0.3) is 11.2 Å². The minimum Gasteiger partial charge on any atom is -0.324 e. The number of aromatic nitrogens is 3. The fraction of sp³-hybridized carbons (Fsp3) is 0.294. The molecular weight excluding hydrogens is 296 g/mol. The molecule has 0 saturated carbocycles. The van der Waals surface area contributed by atoms with Gasteiger partial charge in [0.15, 0.2) is 5.65 Å². The minimum atomic E-state index is -0.347. The molecule has 0 aliphatic heterocycles. The van der Waals surface area contributed by atoms with Crippen molar-refractivity contribution in [3.8, 4) is 0 Å². The molecule has 0 aliphatic carbocycles. The number of halogens is 1. The van der Waals surface area contributed by atoms with E-state index in [9.17, 15) is 0 Å². The van der Waals surface area contributed by atoms with E-state index in [-0.39, 0.29) is 5.54 Å². The molecule has 0 saturated heterocycles. The lowest BCUT2D eigenvalue weighted by Gasteiger charge is -2.21. The van der Waals surface area contributed by atoms with Crippen LogP contribution in [-0.4, -0.2) is 20.1 Å². The molecule has 0 fully saturated rings. The summed E-state index contributed by atoms with van der Waals surface area (Å²) in [4.78, 5) is 9.15. The molecule has 22 heavy (non-hydrogen) atoms. The van der Waals surface area contributed by atoms with Crippen molar-refractivity contribution in [2.75, 3.05) is 0 Å². The normalized spacial score (nSPS) is 12.0. The van der Waals surface area contributed by atoms with E-state index in [0.717, 1.165) is 23.4 Å². The Balaban J connectivity index is 2.09. The molecule has 3 rings (SSSR count). The molecule has 2 aromatic heterocycles. The molecule has 0 radical (unpaired) electrons. The molecule has 0 spiro atoms. The van der Waals surface area contributed by atoms with E-state index >= 15 is 0 Å². The van der Waals surface area contributed by atoms with Crippen LogP contribution in [-0.2, 0) is 13.0 Å². The molecular formula is C17H19ClN4. The summed E-state index contributed by atoms with van der Waals surface area (Å²) in [6.07, 6.45) is 2.39. The monoisotopic (exact) mass is 314 g/mol. The largest absolute Gasteiger partial charge is 0.324 e. The van der Waals surface area contributed by atoms with Crippen molar-refractivity contribution in [3.63, 3.8) is 0 Å². The van der Waals surface area contributed by atoms with E-state index in [2.05, 4.69) is 21.7 Å². The lowest BCUT2D eigenvalue weighted by molar-refractivity contribution is 0.432. The van der Waals surface area contributed by atoms with Crippen LogP contribution in [0.2, 0.25) is 5.02 Å². The number of pyridine rings is 1. The van der Waals surface area contributed by atoms with Crippen molar-refractivity contribution < 1.29 is 0 Å². The summed E-state index contributed by atoms with van der Waals surface area (Å²) in [6.45, 7) is 4.66. The highest BCUT2D eigenvalue weighted by Crippen LogP contribution is 2.21. The zero-order valence-electron chi connectivity index (χ0n) is 12.8. The summed E-state index contributed by atoms with van der Waals surface area (Å²) < 4.78 is 2.10. The Morgan fingerprint density at radius 1 is 1.23 bits per heavy atom. The molecule has 3 aromatic rings. The first-order valence-electron chi connectivity index (χ1n) is 7.26. The SMILES string of the molecule is CC(C)(N)Cn1c(Cc2ccccc2)nc2cc(Cl)cnc21. The zero-order valence-corrected chi connectivity index (χ0v) is 13.5. The number of nitrogens with two attached hydrogens (primary N) is 1. The Kier molecular flexibility index (Phi) is 3.89. The van der Waals surface area contributed by atoms with Crippen LogP contribution < -0.4 is 5.73 Å². The Hall–Kier alpha value is -1.91. The first-order chi connectivity index (χ1) is 10.4. The number of nitrogens with zero attached hydrogens (tertiary/aromatic N) is 3. The van der Waals surface area contributed by atoms with Crippen molar-refractivity contribution >= 4 is 22.8 Å². The molecule has 5 heteroatoms. The third-order valence-corrected chi connectivity index (χ3v) is 3.61. The van der Waals surface area contributed by atoms with Gasteiger partial charge < -0.3 is 10.3 Å². The molecule has 0 amide bonds. The van der Waals surface area contributed by atoms with Gasteiger partial charge in [0.1, 0.15) is 11.3 Å². The van der Waals surface area contributed by atoms with Crippen LogP contribution in [0.3, 0.4) is 0 Å². The van der Waals surface area contributed by atoms with Crippen molar-refractivity contribution in [3.05, 3.63) is 59.0 Å². The summed E-state index contributed by atoms with van der Waals surface area (Å²) in [6, 6.07) is 12.1. The van der Waals surface area contributed by atoms with Gasteiger partial charge in [-0.15, -0.1) is 0 Å². The van der Waals surface area contributed by atoms with Gasteiger partial charge in [-0.1, -0.05) is 41.9 Å². The van der Waals surface area contributed by atoms with Crippen molar-refractivity contribution in [2.24, 2.45) is 5.73 Å². The van der Waals surface area contributed by atoms with E-state index < -0.39 is 0 Å². The van der Waals surface area contributed by atoms with Gasteiger partial charge in [0, 0.05) is 24.7 Å². The molecule has 2 N–H and O–H groups in total. The number of hydrogen-bond donors (Lipinski definition) is 1. The average Bonchev–Trinajstić information content (AvgIpc) is 2.75. The third-order valence-electron chi connectivity index (χ3n) is 3.40. The van der Waals surface area contributed by atoms with Gasteiger partial charge in [0.05, 0.1) is 5.02 Å². The van der Waals surface area contributed by atoms with E-state index in [4.69, 9.17) is 22.3 Å². The van der Waals surface area contributed by atoms with E-state index in [1.54, 1.807) is 6.20 Å². The van der Waals surface area contributed by atoms with E-state index in [0.29, 0.717) is 11.6 Å². The quantitative estimate of drug-likeness (QED) is 0.803. The number of hydrogen-bond acceptors (Lipinski definition) is 3. The highest BCUT2D eigenvalue weighted by atomic mass is 35.5. The highest BCUT2D eigenvalue weighted by molar-refractivity contribution is 6.31. The van der Waals surface area contributed by atoms with Crippen molar-refractivity contribution in [1.82, 2.24) is 14.5 Å². The van der Waals surface area contributed by atoms with Crippen LogP contribution in [0.1, 0.15) is 25.2 Å².